The van der Waals surface area contributed by atoms with Crippen LogP contribution in [-0.4, -0.2) is 41.4 Å². The Morgan fingerprint density at radius 1 is 1.35 bits per heavy atom. The lowest BCUT2D eigenvalue weighted by molar-refractivity contribution is 0.449. The lowest BCUT2D eigenvalue weighted by Gasteiger charge is -2.18. The van der Waals surface area contributed by atoms with Crippen molar-refractivity contribution < 1.29 is 8.42 Å². The smallest absolute Gasteiger partial charge is 0.262 e. The second kappa shape index (κ2) is 5.59. The molecule has 0 aliphatic carbocycles. The summed E-state index contributed by atoms with van der Waals surface area (Å²) in [4.78, 5) is 8.10. The van der Waals surface area contributed by atoms with Crippen molar-refractivity contribution in [1.29, 1.82) is 0 Å². The van der Waals surface area contributed by atoms with Gasteiger partial charge in [-0.3, -0.25) is 0 Å². The number of pyridine rings is 1. The van der Waals surface area contributed by atoms with Crippen LogP contribution in [0.1, 0.15) is 5.82 Å². The number of aromatic nitrogens is 3. The van der Waals surface area contributed by atoms with Gasteiger partial charge in [0.05, 0.1) is 12.2 Å². The number of rotatable bonds is 5. The zero-order valence-electron chi connectivity index (χ0n) is 11.6. The highest BCUT2D eigenvalue weighted by Gasteiger charge is 2.26. The normalized spacial score (nSPS) is 11.8. The summed E-state index contributed by atoms with van der Waals surface area (Å²) in [6, 6.07) is 3.36. The fraction of sp³-hybridized carbons (Fsp3) is 0.333. The fourth-order valence-electron chi connectivity index (χ4n) is 1.77. The highest BCUT2D eigenvalue weighted by Crippen LogP contribution is 2.21. The van der Waals surface area contributed by atoms with E-state index in [0.29, 0.717) is 11.5 Å². The maximum atomic E-state index is 12.5. The minimum atomic E-state index is -3.67. The first kappa shape index (κ1) is 14.5. The number of sulfonamides is 1. The average molecular weight is 295 g/mol. The summed E-state index contributed by atoms with van der Waals surface area (Å²) in [7, 11) is 1.33. The summed E-state index contributed by atoms with van der Waals surface area (Å²) < 4.78 is 28.1. The lowest BCUT2D eigenvalue weighted by atomic mass is 10.4. The Labute approximate surface area is 118 Å². The molecule has 2 rings (SSSR count). The third-order valence-corrected chi connectivity index (χ3v) is 4.74. The van der Waals surface area contributed by atoms with Crippen LogP contribution in [0.5, 0.6) is 0 Å². The van der Waals surface area contributed by atoms with Gasteiger partial charge in [-0.15, -0.1) is 0 Å². The Bertz CT molecular complexity index is 695. The summed E-state index contributed by atoms with van der Waals surface area (Å²) in [5.74, 6) is 0.665. The van der Waals surface area contributed by atoms with Gasteiger partial charge < -0.3 is 9.88 Å². The molecular weight excluding hydrogens is 278 g/mol. The molecule has 0 radical (unpaired) electrons. The predicted octanol–water partition coefficient (Wildman–Crippen LogP) is 0.677. The van der Waals surface area contributed by atoms with Crippen molar-refractivity contribution in [1.82, 2.24) is 18.8 Å². The third-order valence-electron chi connectivity index (χ3n) is 2.98. The summed E-state index contributed by atoms with van der Waals surface area (Å²) in [6.45, 7) is 0.186. The molecule has 108 valence electrons. The molecule has 2 heterocycles. The van der Waals surface area contributed by atoms with Gasteiger partial charge in [0.25, 0.3) is 10.0 Å². The van der Waals surface area contributed by atoms with E-state index in [0.717, 1.165) is 0 Å². The van der Waals surface area contributed by atoms with Crippen LogP contribution >= 0.6 is 0 Å². The van der Waals surface area contributed by atoms with Crippen molar-refractivity contribution in [3.63, 3.8) is 0 Å². The molecule has 0 bridgehead atoms. The van der Waals surface area contributed by atoms with Gasteiger partial charge in [0.1, 0.15) is 5.82 Å². The van der Waals surface area contributed by atoms with Crippen LogP contribution in [0.25, 0.3) is 0 Å². The van der Waals surface area contributed by atoms with Crippen LogP contribution in [0, 0.1) is 0 Å². The van der Waals surface area contributed by atoms with Gasteiger partial charge in [0, 0.05) is 39.7 Å². The Kier molecular flexibility index (Phi) is 4.05. The maximum absolute atomic E-state index is 12.5. The number of imidazole rings is 1. The van der Waals surface area contributed by atoms with E-state index in [4.69, 9.17) is 0 Å². The molecule has 0 fully saturated rings. The number of hydrogen-bond donors (Lipinski definition) is 1. The van der Waals surface area contributed by atoms with Crippen molar-refractivity contribution in [3.05, 3.63) is 36.5 Å². The molecule has 0 aliphatic rings. The highest BCUT2D eigenvalue weighted by molar-refractivity contribution is 7.89. The SMILES string of the molecule is CNc1cccnc1S(=O)(=O)N(C)Cc1nccn1C. The Balaban J connectivity index is 2.32. The number of anilines is 1. The second-order valence-corrected chi connectivity index (χ2v) is 6.28. The van der Waals surface area contributed by atoms with E-state index < -0.39 is 10.0 Å². The Hall–Kier alpha value is -1.93. The van der Waals surface area contributed by atoms with Crippen LogP contribution in [0.2, 0.25) is 0 Å². The van der Waals surface area contributed by atoms with E-state index in [2.05, 4.69) is 15.3 Å². The van der Waals surface area contributed by atoms with Crippen LogP contribution in [0.15, 0.2) is 35.7 Å². The van der Waals surface area contributed by atoms with E-state index in [1.54, 1.807) is 36.1 Å². The van der Waals surface area contributed by atoms with Gasteiger partial charge in [-0.25, -0.2) is 18.4 Å². The zero-order valence-corrected chi connectivity index (χ0v) is 12.4. The molecule has 2 aromatic heterocycles. The summed E-state index contributed by atoms with van der Waals surface area (Å²) in [5, 5.41) is 2.85. The molecule has 0 aromatic carbocycles. The van der Waals surface area contributed by atoms with E-state index in [1.165, 1.54) is 17.5 Å². The van der Waals surface area contributed by atoms with Crippen LogP contribution in [-0.2, 0) is 23.6 Å². The Morgan fingerprint density at radius 2 is 2.10 bits per heavy atom. The molecule has 2 aromatic rings. The molecule has 8 heteroatoms. The van der Waals surface area contributed by atoms with Gasteiger partial charge in [0.2, 0.25) is 0 Å². The second-order valence-electron chi connectivity index (χ2n) is 4.32. The summed E-state index contributed by atoms with van der Waals surface area (Å²) in [6.07, 6.45) is 4.87. The topological polar surface area (TPSA) is 80.1 Å². The van der Waals surface area contributed by atoms with Crippen molar-refractivity contribution in [2.24, 2.45) is 7.05 Å². The Morgan fingerprint density at radius 3 is 2.70 bits per heavy atom. The molecule has 0 atom stereocenters. The van der Waals surface area contributed by atoms with Crippen molar-refractivity contribution >= 4 is 15.7 Å². The molecule has 7 nitrogen and oxygen atoms in total. The largest absolute Gasteiger partial charge is 0.386 e. The molecule has 0 saturated heterocycles. The van der Waals surface area contributed by atoms with Crippen molar-refractivity contribution in [2.75, 3.05) is 19.4 Å². The quantitative estimate of drug-likeness (QED) is 0.877. The maximum Gasteiger partial charge on any atom is 0.262 e. The van der Waals surface area contributed by atoms with Gasteiger partial charge in [0.15, 0.2) is 5.03 Å². The minimum Gasteiger partial charge on any atom is -0.386 e. The van der Waals surface area contributed by atoms with E-state index in [-0.39, 0.29) is 11.6 Å². The highest BCUT2D eigenvalue weighted by atomic mass is 32.2. The first-order valence-corrected chi connectivity index (χ1v) is 7.46. The van der Waals surface area contributed by atoms with Crippen LogP contribution in [0.4, 0.5) is 5.69 Å². The van der Waals surface area contributed by atoms with Gasteiger partial charge >= 0.3 is 0 Å². The fourth-order valence-corrected chi connectivity index (χ4v) is 2.99. The minimum absolute atomic E-state index is 0.0132. The average Bonchev–Trinajstić information content (AvgIpc) is 2.84. The third kappa shape index (κ3) is 2.66. The molecule has 0 unspecified atom stereocenters. The van der Waals surface area contributed by atoms with Crippen LogP contribution in [0.3, 0.4) is 0 Å². The number of aryl methyl sites for hydroxylation is 1. The first-order valence-electron chi connectivity index (χ1n) is 6.02. The number of hydrogen-bond acceptors (Lipinski definition) is 5. The summed E-state index contributed by atoms with van der Waals surface area (Å²) >= 11 is 0. The molecule has 1 N–H and O–H groups in total. The number of nitrogens with one attached hydrogen (secondary N) is 1. The van der Waals surface area contributed by atoms with Crippen LogP contribution < -0.4 is 5.32 Å². The standard InChI is InChI=1S/C12H17N5O2S/c1-13-10-5-4-6-15-12(10)20(18,19)17(3)9-11-14-7-8-16(11)2/h4-8,13H,9H2,1-3H3. The van der Waals surface area contributed by atoms with E-state index in [1.807, 2.05) is 7.05 Å². The zero-order chi connectivity index (χ0) is 14.8. The van der Waals surface area contributed by atoms with Crippen molar-refractivity contribution in [2.45, 2.75) is 11.6 Å². The van der Waals surface area contributed by atoms with Gasteiger partial charge in [-0.05, 0) is 12.1 Å². The molecule has 20 heavy (non-hydrogen) atoms. The molecular formula is C12H17N5O2S. The first-order chi connectivity index (χ1) is 9.46. The van der Waals surface area contributed by atoms with Crippen molar-refractivity contribution in [3.8, 4) is 0 Å². The van der Waals surface area contributed by atoms with E-state index in [9.17, 15) is 8.42 Å². The molecule has 0 amide bonds. The molecule has 0 spiro atoms. The van der Waals surface area contributed by atoms with Gasteiger partial charge in [-0.2, -0.15) is 4.31 Å². The van der Waals surface area contributed by atoms with E-state index >= 15 is 0 Å². The monoisotopic (exact) mass is 295 g/mol. The van der Waals surface area contributed by atoms with Gasteiger partial charge in [-0.1, -0.05) is 0 Å². The lowest BCUT2D eigenvalue weighted by Crippen LogP contribution is -2.29. The molecule has 0 aliphatic heterocycles. The summed E-state index contributed by atoms with van der Waals surface area (Å²) in [5.41, 5.74) is 0.471. The molecule has 0 saturated carbocycles. The predicted molar refractivity (Wildman–Crippen MR) is 75.6 cm³/mol. The number of nitrogens with zero attached hydrogens (tertiary/aromatic N) is 4.